The van der Waals surface area contributed by atoms with Crippen LogP contribution < -0.4 is 5.32 Å². The fourth-order valence-corrected chi connectivity index (χ4v) is 1.99. The van der Waals surface area contributed by atoms with E-state index in [2.05, 4.69) is 21.3 Å². The zero-order chi connectivity index (χ0) is 11.8. The van der Waals surface area contributed by atoms with E-state index in [0.717, 1.165) is 39.4 Å². The summed E-state index contributed by atoms with van der Waals surface area (Å²) < 4.78 is 5.32. The first-order valence-corrected chi connectivity index (χ1v) is 6.35. The molecule has 0 aliphatic carbocycles. The van der Waals surface area contributed by atoms with Gasteiger partial charge in [-0.05, 0) is 31.1 Å². The van der Waals surface area contributed by atoms with Crippen LogP contribution in [0.2, 0.25) is 0 Å². The van der Waals surface area contributed by atoms with Crippen LogP contribution in [0.5, 0.6) is 0 Å². The third kappa shape index (κ3) is 7.70. The topological polar surface area (TPSA) is 37.4 Å². The molecule has 0 bridgehead atoms. The number of rotatable bonds is 6. The second-order valence-electron chi connectivity index (χ2n) is 4.35. The summed E-state index contributed by atoms with van der Waals surface area (Å²) in [5.41, 5.74) is 1.25. The predicted molar refractivity (Wildman–Crippen MR) is 82.3 cm³/mol. The lowest BCUT2D eigenvalue weighted by molar-refractivity contribution is 0.0374. The number of ether oxygens (including phenoxy) is 1. The molecule has 0 saturated carbocycles. The molecular weight excluding hydrogens is 285 g/mol. The molecule has 4 nitrogen and oxygen atoms in total. The number of halogens is 2. The van der Waals surface area contributed by atoms with Crippen molar-refractivity contribution in [1.29, 1.82) is 0 Å². The molecule has 0 spiro atoms. The van der Waals surface area contributed by atoms with Gasteiger partial charge in [-0.15, -0.1) is 24.8 Å². The fraction of sp³-hybridized carbons (Fsp3) is 0.615. The molecule has 0 aromatic carbocycles. The van der Waals surface area contributed by atoms with Gasteiger partial charge in [0.1, 0.15) is 0 Å². The van der Waals surface area contributed by atoms with Crippen molar-refractivity contribution in [1.82, 2.24) is 15.2 Å². The predicted octanol–water partition coefficient (Wildman–Crippen LogP) is 1.74. The smallest absolute Gasteiger partial charge is 0.0594 e. The second-order valence-corrected chi connectivity index (χ2v) is 4.35. The molecule has 2 heterocycles. The summed E-state index contributed by atoms with van der Waals surface area (Å²) in [6.45, 7) is 7.10. The molecule has 0 atom stereocenters. The molecule has 1 aliphatic heterocycles. The molecule has 2 rings (SSSR count). The third-order valence-electron chi connectivity index (χ3n) is 2.98. The van der Waals surface area contributed by atoms with Crippen LogP contribution in [0.25, 0.3) is 0 Å². The van der Waals surface area contributed by atoms with Crippen molar-refractivity contribution in [2.45, 2.75) is 13.0 Å². The minimum Gasteiger partial charge on any atom is -0.379 e. The molecule has 1 aromatic rings. The summed E-state index contributed by atoms with van der Waals surface area (Å²) in [4.78, 5) is 6.56. The van der Waals surface area contributed by atoms with Gasteiger partial charge in [-0.25, -0.2) is 0 Å². The molecule has 6 heteroatoms. The maximum Gasteiger partial charge on any atom is 0.0594 e. The summed E-state index contributed by atoms with van der Waals surface area (Å²) in [7, 11) is 0. The van der Waals surface area contributed by atoms with Crippen molar-refractivity contribution in [3.63, 3.8) is 0 Å². The minimum absolute atomic E-state index is 0. The lowest BCUT2D eigenvalue weighted by atomic mass is 10.3. The van der Waals surface area contributed by atoms with Crippen molar-refractivity contribution in [3.05, 3.63) is 30.1 Å². The van der Waals surface area contributed by atoms with Crippen LogP contribution in [0.1, 0.15) is 12.0 Å². The van der Waals surface area contributed by atoms with Gasteiger partial charge >= 0.3 is 0 Å². The van der Waals surface area contributed by atoms with Gasteiger partial charge in [0.15, 0.2) is 0 Å². The molecule has 19 heavy (non-hydrogen) atoms. The minimum atomic E-state index is 0. The molecule has 110 valence electrons. The van der Waals surface area contributed by atoms with E-state index >= 15 is 0 Å². The highest BCUT2D eigenvalue weighted by atomic mass is 35.5. The van der Waals surface area contributed by atoms with E-state index in [1.807, 2.05) is 18.5 Å². The molecule has 1 aliphatic rings. The van der Waals surface area contributed by atoms with Gasteiger partial charge in [0, 0.05) is 32.0 Å². The van der Waals surface area contributed by atoms with Gasteiger partial charge < -0.3 is 10.1 Å². The second kappa shape index (κ2) is 11.4. The zero-order valence-corrected chi connectivity index (χ0v) is 12.7. The maximum atomic E-state index is 5.32. The standard InChI is InChI=1S/C13H21N3O.2ClH/c1-3-13(11-14-4-1)12-15-5-2-6-16-7-9-17-10-8-16;;/h1,3-4,11,15H,2,5-10,12H2;2*1H. The summed E-state index contributed by atoms with van der Waals surface area (Å²) in [6, 6.07) is 4.08. The third-order valence-corrected chi connectivity index (χ3v) is 2.98. The van der Waals surface area contributed by atoms with E-state index in [4.69, 9.17) is 4.74 Å². The van der Waals surface area contributed by atoms with E-state index in [9.17, 15) is 0 Å². The number of hydrogen-bond acceptors (Lipinski definition) is 4. The lowest BCUT2D eigenvalue weighted by Crippen LogP contribution is -2.37. The van der Waals surface area contributed by atoms with Crippen molar-refractivity contribution in [2.75, 3.05) is 39.4 Å². The van der Waals surface area contributed by atoms with Gasteiger partial charge in [0.05, 0.1) is 13.2 Å². The van der Waals surface area contributed by atoms with Crippen molar-refractivity contribution in [3.8, 4) is 0 Å². The summed E-state index contributed by atoms with van der Waals surface area (Å²) in [5.74, 6) is 0. The number of nitrogens with zero attached hydrogens (tertiary/aromatic N) is 2. The summed E-state index contributed by atoms with van der Waals surface area (Å²) in [5, 5.41) is 3.44. The number of pyridine rings is 1. The van der Waals surface area contributed by atoms with E-state index in [1.54, 1.807) is 0 Å². The van der Waals surface area contributed by atoms with E-state index in [1.165, 1.54) is 18.5 Å². The Morgan fingerprint density at radius 2 is 2.05 bits per heavy atom. The van der Waals surface area contributed by atoms with Crippen LogP contribution in [0.4, 0.5) is 0 Å². The van der Waals surface area contributed by atoms with Crippen LogP contribution in [-0.4, -0.2) is 49.3 Å². The average molecular weight is 308 g/mol. The Balaban J connectivity index is 0.00000162. The van der Waals surface area contributed by atoms with Crippen LogP contribution in [0, 0.1) is 0 Å². The molecule has 1 saturated heterocycles. The highest BCUT2D eigenvalue weighted by Gasteiger charge is 2.08. The molecule has 1 N–H and O–H groups in total. The molecule has 1 aromatic heterocycles. The van der Waals surface area contributed by atoms with Crippen LogP contribution >= 0.6 is 24.8 Å². The van der Waals surface area contributed by atoms with Gasteiger partial charge in [0.25, 0.3) is 0 Å². The highest BCUT2D eigenvalue weighted by Crippen LogP contribution is 1.98. The maximum absolute atomic E-state index is 5.32. The van der Waals surface area contributed by atoms with Gasteiger partial charge in [-0.2, -0.15) is 0 Å². The fourth-order valence-electron chi connectivity index (χ4n) is 1.99. The van der Waals surface area contributed by atoms with Crippen LogP contribution in [-0.2, 0) is 11.3 Å². The first-order valence-electron chi connectivity index (χ1n) is 6.35. The normalized spacial score (nSPS) is 15.4. The highest BCUT2D eigenvalue weighted by molar-refractivity contribution is 5.85. The SMILES string of the molecule is Cl.Cl.c1cncc(CNCCCN2CCOCC2)c1. The lowest BCUT2D eigenvalue weighted by Gasteiger charge is -2.26. The summed E-state index contributed by atoms with van der Waals surface area (Å²) >= 11 is 0. The van der Waals surface area contributed by atoms with Gasteiger partial charge in [-0.3, -0.25) is 9.88 Å². The number of nitrogens with one attached hydrogen (secondary N) is 1. The van der Waals surface area contributed by atoms with Crippen molar-refractivity contribution < 1.29 is 4.74 Å². The number of hydrogen-bond donors (Lipinski definition) is 1. The van der Waals surface area contributed by atoms with E-state index in [0.29, 0.717) is 0 Å². The van der Waals surface area contributed by atoms with Gasteiger partial charge in [-0.1, -0.05) is 6.07 Å². The molecule has 0 unspecified atom stereocenters. The number of morpholine rings is 1. The van der Waals surface area contributed by atoms with Crippen molar-refractivity contribution >= 4 is 24.8 Å². The van der Waals surface area contributed by atoms with E-state index < -0.39 is 0 Å². The Labute approximate surface area is 127 Å². The quantitative estimate of drug-likeness (QED) is 0.812. The monoisotopic (exact) mass is 307 g/mol. The summed E-state index contributed by atoms with van der Waals surface area (Å²) in [6.07, 6.45) is 4.91. The van der Waals surface area contributed by atoms with Crippen molar-refractivity contribution in [2.24, 2.45) is 0 Å². The Kier molecular flexibility index (Phi) is 11.2. The average Bonchev–Trinajstić information content (AvgIpc) is 2.41. The molecular formula is C13H23Cl2N3O. The number of aromatic nitrogens is 1. The van der Waals surface area contributed by atoms with Crippen LogP contribution in [0.15, 0.2) is 24.5 Å². The molecule has 1 fully saturated rings. The first kappa shape index (κ1) is 18.6. The Hall–Kier alpha value is -0.390. The van der Waals surface area contributed by atoms with Crippen LogP contribution in [0.3, 0.4) is 0 Å². The first-order chi connectivity index (χ1) is 8.45. The van der Waals surface area contributed by atoms with E-state index in [-0.39, 0.29) is 24.8 Å². The molecule has 0 amide bonds. The Morgan fingerprint density at radius 1 is 1.26 bits per heavy atom. The zero-order valence-electron chi connectivity index (χ0n) is 11.1. The molecule has 0 radical (unpaired) electrons. The Bertz CT molecular complexity index is 308. The Morgan fingerprint density at radius 3 is 2.74 bits per heavy atom. The largest absolute Gasteiger partial charge is 0.379 e. The van der Waals surface area contributed by atoms with Gasteiger partial charge in [0.2, 0.25) is 0 Å².